The van der Waals surface area contributed by atoms with E-state index in [0.29, 0.717) is 21.9 Å². The molecule has 4 aliphatic rings. The van der Waals surface area contributed by atoms with E-state index in [0.717, 1.165) is 11.8 Å². The summed E-state index contributed by atoms with van der Waals surface area (Å²) in [5, 5.41) is 20.6. The second-order valence-corrected chi connectivity index (χ2v) is 9.43. The minimum atomic E-state index is 0.0480. The molecule has 3 atom stereocenters. The summed E-state index contributed by atoms with van der Waals surface area (Å²) in [6, 6.07) is 11.5. The van der Waals surface area contributed by atoms with Crippen molar-refractivity contribution in [3.8, 4) is 11.5 Å². The molecule has 26 heavy (non-hydrogen) atoms. The van der Waals surface area contributed by atoms with Crippen molar-refractivity contribution < 1.29 is 10.2 Å². The first kappa shape index (κ1) is 16.8. The first-order valence-corrected chi connectivity index (χ1v) is 10.2. The van der Waals surface area contributed by atoms with E-state index in [1.165, 1.54) is 43.2 Å². The van der Waals surface area contributed by atoms with Crippen molar-refractivity contribution in [1.29, 1.82) is 0 Å². The SMILES string of the molecule is Oc1ccc(C2C3CC4CC(C3)CC2(c2ccc(O)c(Cl)c2)C4)cc1Cl. The molecule has 3 unspecified atom stereocenters. The molecule has 4 saturated carbocycles. The first-order chi connectivity index (χ1) is 12.5. The Balaban J connectivity index is 1.68. The topological polar surface area (TPSA) is 40.5 Å². The third-order valence-electron chi connectivity index (χ3n) is 7.16. The number of hydrogen-bond acceptors (Lipinski definition) is 2. The average molecular weight is 389 g/mol. The van der Waals surface area contributed by atoms with E-state index in [9.17, 15) is 10.2 Å². The lowest BCUT2D eigenvalue weighted by atomic mass is 9.42. The minimum absolute atomic E-state index is 0.0480. The summed E-state index contributed by atoms with van der Waals surface area (Å²) in [6.45, 7) is 0. The highest BCUT2D eigenvalue weighted by Gasteiger charge is 2.58. The van der Waals surface area contributed by atoms with Gasteiger partial charge in [-0.3, -0.25) is 0 Å². The molecule has 2 aromatic rings. The Labute approximate surface area is 163 Å². The van der Waals surface area contributed by atoms with Crippen molar-refractivity contribution in [2.75, 3.05) is 0 Å². The van der Waals surface area contributed by atoms with Gasteiger partial charge in [0.05, 0.1) is 10.0 Å². The van der Waals surface area contributed by atoms with Crippen molar-refractivity contribution in [2.45, 2.75) is 43.4 Å². The standard InChI is InChI=1S/C22H22Cl2O2/c23-17-8-14(1-3-19(17)25)21-15-6-12-5-13(7-15)11-22(21,10-12)16-2-4-20(26)18(24)9-16/h1-4,8-9,12-13,15,21,25-26H,5-7,10-11H2. The number of halogens is 2. The van der Waals surface area contributed by atoms with Crippen LogP contribution in [0.25, 0.3) is 0 Å². The van der Waals surface area contributed by atoms with E-state index in [4.69, 9.17) is 23.2 Å². The summed E-state index contributed by atoms with van der Waals surface area (Å²) in [7, 11) is 0. The smallest absolute Gasteiger partial charge is 0.134 e. The normalized spacial score (nSPS) is 35.0. The average Bonchev–Trinajstić information content (AvgIpc) is 2.59. The van der Waals surface area contributed by atoms with Crippen LogP contribution < -0.4 is 0 Å². The third-order valence-corrected chi connectivity index (χ3v) is 7.77. The number of phenols is 2. The van der Waals surface area contributed by atoms with Crippen LogP contribution in [0.4, 0.5) is 0 Å². The van der Waals surface area contributed by atoms with Gasteiger partial charge in [0, 0.05) is 5.41 Å². The van der Waals surface area contributed by atoms with Crippen LogP contribution in [-0.4, -0.2) is 10.2 Å². The van der Waals surface area contributed by atoms with Crippen LogP contribution in [0.3, 0.4) is 0 Å². The zero-order valence-electron chi connectivity index (χ0n) is 14.5. The van der Waals surface area contributed by atoms with Crippen molar-refractivity contribution in [1.82, 2.24) is 0 Å². The minimum Gasteiger partial charge on any atom is -0.506 e. The van der Waals surface area contributed by atoms with Gasteiger partial charge in [-0.2, -0.15) is 0 Å². The van der Waals surface area contributed by atoms with Crippen molar-refractivity contribution in [2.24, 2.45) is 17.8 Å². The van der Waals surface area contributed by atoms with Crippen LogP contribution in [0.5, 0.6) is 11.5 Å². The van der Waals surface area contributed by atoms with E-state index >= 15 is 0 Å². The maximum Gasteiger partial charge on any atom is 0.134 e. The maximum absolute atomic E-state index is 9.90. The van der Waals surface area contributed by atoms with Crippen LogP contribution >= 0.6 is 23.2 Å². The Hall–Kier alpha value is -1.38. The van der Waals surface area contributed by atoms with Gasteiger partial charge in [0.1, 0.15) is 11.5 Å². The van der Waals surface area contributed by atoms with Crippen LogP contribution in [0, 0.1) is 17.8 Å². The Morgan fingerprint density at radius 2 is 1.42 bits per heavy atom. The quantitative estimate of drug-likeness (QED) is 0.636. The molecular formula is C22H22Cl2O2. The molecule has 0 radical (unpaired) electrons. The zero-order chi connectivity index (χ0) is 18.1. The first-order valence-electron chi connectivity index (χ1n) is 9.44. The molecule has 2 N–H and O–H groups in total. The number of hydrogen-bond donors (Lipinski definition) is 2. The van der Waals surface area contributed by atoms with Gasteiger partial charge in [0.25, 0.3) is 0 Å². The molecule has 4 heteroatoms. The van der Waals surface area contributed by atoms with Gasteiger partial charge in [-0.25, -0.2) is 0 Å². The van der Waals surface area contributed by atoms with Crippen molar-refractivity contribution in [3.63, 3.8) is 0 Å². The summed E-state index contributed by atoms with van der Waals surface area (Å²) in [5.74, 6) is 2.88. The highest BCUT2D eigenvalue weighted by molar-refractivity contribution is 6.32. The number of phenolic OH excluding ortho intramolecular Hbond substituents is 2. The van der Waals surface area contributed by atoms with E-state index in [2.05, 4.69) is 6.07 Å². The van der Waals surface area contributed by atoms with Crippen LogP contribution in [0.2, 0.25) is 10.0 Å². The predicted molar refractivity (Wildman–Crippen MR) is 104 cm³/mol. The number of benzene rings is 2. The monoisotopic (exact) mass is 388 g/mol. The number of aromatic hydroxyl groups is 2. The van der Waals surface area contributed by atoms with E-state index in [1.54, 1.807) is 12.1 Å². The summed E-state index contributed by atoms with van der Waals surface area (Å²) >= 11 is 12.5. The zero-order valence-corrected chi connectivity index (χ0v) is 16.0. The molecule has 0 heterocycles. The fourth-order valence-corrected chi connectivity index (χ4v) is 6.95. The largest absolute Gasteiger partial charge is 0.506 e. The summed E-state index contributed by atoms with van der Waals surface area (Å²) in [6.07, 6.45) is 6.27. The molecule has 0 saturated heterocycles. The molecule has 6 rings (SSSR count). The van der Waals surface area contributed by atoms with E-state index in [-0.39, 0.29) is 16.9 Å². The molecule has 2 nitrogen and oxygen atoms in total. The van der Waals surface area contributed by atoms with E-state index in [1.807, 2.05) is 18.2 Å². The second-order valence-electron chi connectivity index (χ2n) is 8.62. The van der Waals surface area contributed by atoms with Gasteiger partial charge < -0.3 is 10.2 Å². The molecule has 4 bridgehead atoms. The third kappa shape index (κ3) is 2.38. The van der Waals surface area contributed by atoms with Crippen molar-refractivity contribution >= 4 is 23.2 Å². The van der Waals surface area contributed by atoms with Crippen LogP contribution in [0.15, 0.2) is 36.4 Å². The van der Waals surface area contributed by atoms with Crippen molar-refractivity contribution in [3.05, 3.63) is 57.6 Å². The van der Waals surface area contributed by atoms with Gasteiger partial charge in [0.15, 0.2) is 0 Å². The Morgan fingerprint density at radius 1 is 0.808 bits per heavy atom. The lowest BCUT2D eigenvalue weighted by molar-refractivity contribution is -0.0280. The summed E-state index contributed by atoms with van der Waals surface area (Å²) < 4.78 is 0. The van der Waals surface area contributed by atoms with E-state index < -0.39 is 0 Å². The Kier molecular flexibility index (Phi) is 3.75. The van der Waals surface area contributed by atoms with Gasteiger partial charge in [-0.05, 0) is 91.2 Å². The fourth-order valence-electron chi connectivity index (χ4n) is 6.58. The number of rotatable bonds is 2. The molecule has 4 fully saturated rings. The summed E-state index contributed by atoms with van der Waals surface area (Å²) in [4.78, 5) is 0. The summed E-state index contributed by atoms with van der Waals surface area (Å²) in [5.41, 5.74) is 2.52. The predicted octanol–water partition coefficient (Wildman–Crippen LogP) is 6.27. The molecule has 4 aliphatic carbocycles. The Bertz CT molecular complexity index is 864. The van der Waals surface area contributed by atoms with Gasteiger partial charge in [-0.15, -0.1) is 0 Å². The maximum atomic E-state index is 9.90. The molecule has 0 aliphatic heterocycles. The Morgan fingerprint density at radius 3 is 2.04 bits per heavy atom. The van der Waals surface area contributed by atoms with Crippen LogP contribution in [-0.2, 0) is 5.41 Å². The highest BCUT2D eigenvalue weighted by atomic mass is 35.5. The molecular weight excluding hydrogens is 367 g/mol. The molecule has 0 aromatic heterocycles. The second kappa shape index (κ2) is 5.81. The van der Waals surface area contributed by atoms with Crippen LogP contribution in [0.1, 0.15) is 49.1 Å². The molecule has 2 aromatic carbocycles. The van der Waals surface area contributed by atoms with Gasteiger partial charge in [0.2, 0.25) is 0 Å². The van der Waals surface area contributed by atoms with Gasteiger partial charge in [-0.1, -0.05) is 35.3 Å². The highest BCUT2D eigenvalue weighted by Crippen LogP contribution is 2.67. The lowest BCUT2D eigenvalue weighted by Crippen LogP contribution is -2.53. The van der Waals surface area contributed by atoms with Gasteiger partial charge >= 0.3 is 0 Å². The molecule has 136 valence electrons. The molecule has 0 amide bonds. The molecule has 0 spiro atoms. The fraction of sp³-hybridized carbons (Fsp3) is 0.455. The lowest BCUT2D eigenvalue weighted by Gasteiger charge is -2.62.